The molecule has 4 heteroatoms. The van der Waals surface area contributed by atoms with Crippen molar-refractivity contribution in [3.05, 3.63) is 70.4 Å². The highest BCUT2D eigenvalue weighted by Crippen LogP contribution is 2.23. The number of rotatable bonds is 4. The second kappa shape index (κ2) is 6.71. The molecule has 2 aromatic rings. The number of benzene rings is 2. The second-order valence-electron chi connectivity index (χ2n) is 5.74. The molecule has 0 spiro atoms. The lowest BCUT2D eigenvalue weighted by atomic mass is 10.1. The normalized spacial score (nSPS) is 15.4. The van der Waals surface area contributed by atoms with Crippen LogP contribution in [0.15, 0.2) is 53.2 Å². The summed E-state index contributed by atoms with van der Waals surface area (Å²) in [5, 5.41) is 2.84. The van der Waals surface area contributed by atoms with Gasteiger partial charge in [0.2, 0.25) is 0 Å². The van der Waals surface area contributed by atoms with E-state index in [0.717, 1.165) is 34.4 Å². The van der Waals surface area contributed by atoms with E-state index in [1.165, 1.54) is 0 Å². The van der Waals surface area contributed by atoms with E-state index in [0.29, 0.717) is 11.5 Å². The SMILES string of the molecule is CCc1cc(/C=C2/N=C(c3cccc(C)c3)NC2=O)ccc1OC. The quantitative estimate of drug-likeness (QED) is 0.877. The van der Waals surface area contributed by atoms with E-state index in [9.17, 15) is 4.79 Å². The topological polar surface area (TPSA) is 50.7 Å². The maximum atomic E-state index is 12.2. The third kappa shape index (κ3) is 3.23. The molecule has 0 bridgehead atoms. The molecule has 1 aliphatic rings. The van der Waals surface area contributed by atoms with Crippen LogP contribution in [0.1, 0.15) is 29.2 Å². The molecule has 0 unspecified atom stereocenters. The second-order valence-corrected chi connectivity index (χ2v) is 5.74. The summed E-state index contributed by atoms with van der Waals surface area (Å²) in [5.74, 6) is 1.28. The number of amidine groups is 1. The molecule has 1 amide bonds. The monoisotopic (exact) mass is 320 g/mol. The number of amides is 1. The average molecular weight is 320 g/mol. The number of methoxy groups -OCH3 is 1. The van der Waals surface area contributed by atoms with Crippen LogP contribution in [0.5, 0.6) is 5.75 Å². The number of carbonyl (C=O) groups is 1. The van der Waals surface area contributed by atoms with Crippen LogP contribution >= 0.6 is 0 Å². The highest BCUT2D eigenvalue weighted by Gasteiger charge is 2.21. The van der Waals surface area contributed by atoms with Crippen LogP contribution in [0, 0.1) is 6.92 Å². The molecule has 2 aromatic carbocycles. The van der Waals surface area contributed by atoms with Crippen molar-refractivity contribution in [3.63, 3.8) is 0 Å². The van der Waals surface area contributed by atoms with Crippen molar-refractivity contribution < 1.29 is 9.53 Å². The molecule has 4 nitrogen and oxygen atoms in total. The molecule has 0 saturated heterocycles. The molecule has 0 fully saturated rings. The number of aliphatic imine (C=N–C) groups is 1. The smallest absolute Gasteiger partial charge is 0.275 e. The number of hydrogen-bond acceptors (Lipinski definition) is 3. The number of nitrogens with zero attached hydrogens (tertiary/aromatic N) is 1. The zero-order chi connectivity index (χ0) is 17.1. The van der Waals surface area contributed by atoms with Gasteiger partial charge < -0.3 is 10.1 Å². The third-order valence-corrected chi connectivity index (χ3v) is 3.98. The number of aryl methyl sites for hydroxylation is 2. The summed E-state index contributed by atoms with van der Waals surface area (Å²) in [6, 6.07) is 13.8. The Morgan fingerprint density at radius 1 is 1.21 bits per heavy atom. The fraction of sp³-hybridized carbons (Fsp3) is 0.200. The molecule has 1 N–H and O–H groups in total. The maximum absolute atomic E-state index is 12.2. The molecule has 0 aromatic heterocycles. The Morgan fingerprint density at radius 3 is 2.75 bits per heavy atom. The van der Waals surface area contributed by atoms with Gasteiger partial charge in [-0.3, -0.25) is 4.79 Å². The van der Waals surface area contributed by atoms with Gasteiger partial charge in [-0.2, -0.15) is 0 Å². The zero-order valence-corrected chi connectivity index (χ0v) is 14.1. The minimum absolute atomic E-state index is 0.180. The fourth-order valence-electron chi connectivity index (χ4n) is 2.72. The number of carbonyl (C=O) groups excluding carboxylic acids is 1. The standard InChI is InChI=1S/C20H20N2O2/c1-4-15-11-14(8-9-18(15)24-3)12-17-20(23)22-19(21-17)16-7-5-6-13(2)10-16/h5-12H,4H2,1-3H3,(H,21,22,23)/b17-12+. The highest BCUT2D eigenvalue weighted by atomic mass is 16.5. The Kier molecular flexibility index (Phi) is 4.47. The van der Waals surface area contributed by atoms with Gasteiger partial charge in [0.15, 0.2) is 0 Å². The van der Waals surface area contributed by atoms with E-state index in [4.69, 9.17) is 4.74 Å². The first kappa shape index (κ1) is 16.0. The molecule has 0 saturated carbocycles. The first-order valence-corrected chi connectivity index (χ1v) is 7.96. The lowest BCUT2D eigenvalue weighted by Gasteiger charge is -2.07. The molecule has 0 radical (unpaired) electrons. The van der Waals surface area contributed by atoms with E-state index < -0.39 is 0 Å². The van der Waals surface area contributed by atoms with Crippen molar-refractivity contribution in [1.82, 2.24) is 5.32 Å². The Labute approximate surface area is 141 Å². The van der Waals surface area contributed by atoms with Crippen molar-refractivity contribution >= 4 is 17.8 Å². The van der Waals surface area contributed by atoms with Crippen molar-refractivity contribution in [2.24, 2.45) is 4.99 Å². The van der Waals surface area contributed by atoms with Gasteiger partial charge >= 0.3 is 0 Å². The molecule has 1 aliphatic heterocycles. The molecule has 3 rings (SSSR count). The Balaban J connectivity index is 1.94. The average Bonchev–Trinajstić information content (AvgIpc) is 2.95. The van der Waals surface area contributed by atoms with Crippen LogP contribution in [0.25, 0.3) is 6.08 Å². The van der Waals surface area contributed by atoms with Gasteiger partial charge in [0.1, 0.15) is 17.3 Å². The molecule has 122 valence electrons. The molecular formula is C20H20N2O2. The van der Waals surface area contributed by atoms with Crippen molar-refractivity contribution in [2.45, 2.75) is 20.3 Å². The highest BCUT2D eigenvalue weighted by molar-refractivity contribution is 6.19. The molecule has 0 aliphatic carbocycles. The Hall–Kier alpha value is -2.88. The van der Waals surface area contributed by atoms with Crippen LogP contribution in [0.4, 0.5) is 0 Å². The Bertz CT molecular complexity index is 850. The summed E-state index contributed by atoms with van der Waals surface area (Å²) >= 11 is 0. The first-order chi connectivity index (χ1) is 11.6. The number of ether oxygens (including phenoxy) is 1. The maximum Gasteiger partial charge on any atom is 0.275 e. The van der Waals surface area contributed by atoms with Gasteiger partial charge in [-0.1, -0.05) is 36.8 Å². The van der Waals surface area contributed by atoms with Crippen molar-refractivity contribution in [3.8, 4) is 5.75 Å². The van der Waals surface area contributed by atoms with Gasteiger partial charge in [0.05, 0.1) is 7.11 Å². The van der Waals surface area contributed by atoms with Crippen LogP contribution in [-0.4, -0.2) is 18.9 Å². The summed E-state index contributed by atoms with van der Waals surface area (Å²) in [5.41, 5.74) is 4.50. The van der Waals surface area contributed by atoms with Crippen LogP contribution in [-0.2, 0) is 11.2 Å². The summed E-state index contributed by atoms with van der Waals surface area (Å²) in [6.07, 6.45) is 2.67. The van der Waals surface area contributed by atoms with E-state index in [1.54, 1.807) is 13.2 Å². The minimum Gasteiger partial charge on any atom is -0.496 e. The minimum atomic E-state index is -0.180. The molecule has 1 heterocycles. The van der Waals surface area contributed by atoms with Crippen molar-refractivity contribution in [2.75, 3.05) is 7.11 Å². The van der Waals surface area contributed by atoms with E-state index in [1.807, 2.05) is 49.4 Å². The molecule has 24 heavy (non-hydrogen) atoms. The third-order valence-electron chi connectivity index (χ3n) is 3.98. The van der Waals surface area contributed by atoms with Gasteiger partial charge in [-0.15, -0.1) is 0 Å². The predicted octanol–water partition coefficient (Wildman–Crippen LogP) is 3.48. The number of hydrogen-bond donors (Lipinski definition) is 1. The van der Waals surface area contributed by atoms with E-state index in [2.05, 4.69) is 17.2 Å². The molecule has 0 atom stereocenters. The zero-order valence-electron chi connectivity index (χ0n) is 14.1. The fourth-order valence-corrected chi connectivity index (χ4v) is 2.72. The van der Waals surface area contributed by atoms with Crippen LogP contribution in [0.2, 0.25) is 0 Å². The van der Waals surface area contributed by atoms with Gasteiger partial charge in [0, 0.05) is 5.56 Å². The Morgan fingerprint density at radius 2 is 2.04 bits per heavy atom. The van der Waals surface area contributed by atoms with E-state index in [-0.39, 0.29) is 5.91 Å². The summed E-state index contributed by atoms with van der Waals surface area (Å²) in [6.45, 7) is 4.09. The predicted molar refractivity (Wildman–Crippen MR) is 96.2 cm³/mol. The van der Waals surface area contributed by atoms with Crippen molar-refractivity contribution in [1.29, 1.82) is 0 Å². The lowest BCUT2D eigenvalue weighted by molar-refractivity contribution is -0.115. The van der Waals surface area contributed by atoms with E-state index >= 15 is 0 Å². The lowest BCUT2D eigenvalue weighted by Crippen LogP contribution is -2.24. The van der Waals surface area contributed by atoms with Crippen LogP contribution < -0.4 is 10.1 Å². The first-order valence-electron chi connectivity index (χ1n) is 7.96. The van der Waals surface area contributed by atoms with Gasteiger partial charge in [-0.25, -0.2) is 4.99 Å². The van der Waals surface area contributed by atoms with Crippen LogP contribution in [0.3, 0.4) is 0 Å². The van der Waals surface area contributed by atoms with Gasteiger partial charge in [-0.05, 0) is 48.7 Å². The summed E-state index contributed by atoms with van der Waals surface area (Å²) in [7, 11) is 1.66. The summed E-state index contributed by atoms with van der Waals surface area (Å²) in [4.78, 5) is 16.7. The largest absolute Gasteiger partial charge is 0.496 e. The number of nitrogens with one attached hydrogen (secondary N) is 1. The van der Waals surface area contributed by atoms with Gasteiger partial charge in [0.25, 0.3) is 5.91 Å². The molecular weight excluding hydrogens is 300 g/mol. The summed E-state index contributed by atoms with van der Waals surface area (Å²) < 4.78 is 5.34.